The average molecular weight is 259 g/mol. The van der Waals surface area contributed by atoms with Crippen molar-refractivity contribution in [1.29, 1.82) is 0 Å². The zero-order chi connectivity index (χ0) is 13.7. The Balaban J connectivity index is 1.65. The molecule has 1 aromatic carbocycles. The molecule has 0 heterocycles. The summed E-state index contributed by atoms with van der Waals surface area (Å²) in [6, 6.07) is 10.8. The van der Waals surface area contributed by atoms with Crippen LogP contribution in [0.1, 0.15) is 51.5 Å². The molecule has 19 heavy (non-hydrogen) atoms. The van der Waals surface area contributed by atoms with Gasteiger partial charge in [-0.2, -0.15) is 0 Å². The minimum absolute atomic E-state index is 0.221. The highest BCUT2D eigenvalue weighted by atomic mass is 16.1. The molecule has 2 heteroatoms. The molecule has 1 atom stereocenters. The van der Waals surface area contributed by atoms with Crippen LogP contribution in [0.25, 0.3) is 0 Å². The number of rotatable bonds is 5. The second kappa shape index (κ2) is 6.23. The maximum Gasteiger partial charge on any atom is 0.220 e. The first-order valence-electron chi connectivity index (χ1n) is 7.38. The molecule has 1 amide bonds. The predicted molar refractivity (Wildman–Crippen MR) is 78.9 cm³/mol. The number of carbonyl (C=O) groups excluding carboxylic acids is 1. The third-order valence-electron chi connectivity index (χ3n) is 4.05. The molecule has 0 spiro atoms. The molecule has 0 radical (unpaired) electrons. The van der Waals surface area contributed by atoms with E-state index in [2.05, 4.69) is 43.4 Å². The third kappa shape index (κ3) is 4.70. The van der Waals surface area contributed by atoms with Crippen LogP contribution in [0.4, 0.5) is 0 Å². The van der Waals surface area contributed by atoms with E-state index in [4.69, 9.17) is 0 Å². The lowest BCUT2D eigenvalue weighted by atomic mass is 9.92. The number of amides is 1. The molecule has 0 bridgehead atoms. The fourth-order valence-electron chi connectivity index (χ4n) is 2.96. The van der Waals surface area contributed by atoms with Crippen molar-refractivity contribution in [3.8, 4) is 0 Å². The first kappa shape index (κ1) is 14.1. The van der Waals surface area contributed by atoms with Crippen LogP contribution in [0.2, 0.25) is 0 Å². The molecule has 1 aromatic rings. The van der Waals surface area contributed by atoms with E-state index in [1.165, 1.54) is 12.0 Å². The summed E-state index contributed by atoms with van der Waals surface area (Å²) in [5.41, 5.74) is 1.72. The van der Waals surface area contributed by atoms with E-state index in [0.29, 0.717) is 17.9 Å². The second-order valence-electron chi connectivity index (χ2n) is 6.51. The van der Waals surface area contributed by atoms with Gasteiger partial charge >= 0.3 is 0 Å². The molecule has 1 aliphatic rings. The zero-order valence-electron chi connectivity index (χ0n) is 12.1. The first-order chi connectivity index (χ1) is 9.05. The molecule has 1 unspecified atom stereocenters. The van der Waals surface area contributed by atoms with Crippen molar-refractivity contribution in [1.82, 2.24) is 5.32 Å². The Morgan fingerprint density at radius 1 is 1.32 bits per heavy atom. The van der Waals surface area contributed by atoms with Crippen LogP contribution in [-0.2, 0) is 11.2 Å². The number of aryl methyl sites for hydroxylation is 1. The Kier molecular flexibility index (Phi) is 4.62. The fraction of sp³-hybridized carbons (Fsp3) is 0.588. The van der Waals surface area contributed by atoms with Gasteiger partial charge in [0.05, 0.1) is 0 Å². The van der Waals surface area contributed by atoms with Crippen LogP contribution in [-0.4, -0.2) is 11.9 Å². The van der Waals surface area contributed by atoms with Crippen LogP contribution >= 0.6 is 0 Å². The highest BCUT2D eigenvalue weighted by molar-refractivity contribution is 5.76. The lowest BCUT2D eigenvalue weighted by Gasteiger charge is -2.17. The molecule has 1 N–H and O–H groups in total. The quantitative estimate of drug-likeness (QED) is 0.858. The number of hydrogen-bond donors (Lipinski definition) is 1. The van der Waals surface area contributed by atoms with E-state index in [0.717, 1.165) is 25.7 Å². The summed E-state index contributed by atoms with van der Waals surface area (Å²) in [5, 5.41) is 3.18. The molecule has 0 saturated heterocycles. The summed E-state index contributed by atoms with van der Waals surface area (Å²) in [6.07, 6.45) is 6.05. The zero-order valence-corrected chi connectivity index (χ0v) is 12.1. The Labute approximate surface area is 116 Å². The van der Waals surface area contributed by atoms with Crippen molar-refractivity contribution in [2.75, 3.05) is 0 Å². The van der Waals surface area contributed by atoms with Crippen LogP contribution in [0.15, 0.2) is 30.3 Å². The summed E-state index contributed by atoms with van der Waals surface area (Å²) in [6.45, 7) is 4.57. The van der Waals surface area contributed by atoms with Crippen LogP contribution in [0, 0.1) is 5.41 Å². The molecule has 0 aromatic heterocycles. The van der Waals surface area contributed by atoms with Crippen molar-refractivity contribution >= 4 is 5.91 Å². The fourth-order valence-corrected chi connectivity index (χ4v) is 2.96. The predicted octanol–water partition coefficient (Wildman–Crippen LogP) is 3.70. The smallest absolute Gasteiger partial charge is 0.220 e. The van der Waals surface area contributed by atoms with Gasteiger partial charge in [-0.05, 0) is 43.1 Å². The third-order valence-corrected chi connectivity index (χ3v) is 4.05. The van der Waals surface area contributed by atoms with Gasteiger partial charge in [-0.3, -0.25) is 4.79 Å². The summed E-state index contributed by atoms with van der Waals surface area (Å²) < 4.78 is 0. The first-order valence-corrected chi connectivity index (χ1v) is 7.38. The molecule has 2 rings (SSSR count). The lowest BCUT2D eigenvalue weighted by Crippen LogP contribution is -2.33. The summed E-state index contributed by atoms with van der Waals surface area (Å²) in [5.74, 6) is 0.221. The standard InChI is InChI=1S/C17H25NO/c1-17(2)12-11-15(13-17)18-16(19)10-6-9-14-7-4-3-5-8-14/h3-5,7-8,15H,6,9-13H2,1-2H3,(H,18,19). The number of nitrogens with one attached hydrogen (secondary N) is 1. The van der Waals surface area contributed by atoms with Crippen LogP contribution < -0.4 is 5.32 Å². The van der Waals surface area contributed by atoms with Crippen molar-refractivity contribution in [3.05, 3.63) is 35.9 Å². The van der Waals surface area contributed by atoms with Gasteiger partial charge in [-0.1, -0.05) is 44.2 Å². The van der Waals surface area contributed by atoms with E-state index in [1.54, 1.807) is 0 Å². The Hall–Kier alpha value is -1.31. The minimum Gasteiger partial charge on any atom is -0.353 e. The molecular weight excluding hydrogens is 234 g/mol. The van der Waals surface area contributed by atoms with Gasteiger partial charge in [0.15, 0.2) is 0 Å². The van der Waals surface area contributed by atoms with Crippen LogP contribution in [0.3, 0.4) is 0 Å². The Morgan fingerprint density at radius 2 is 2.05 bits per heavy atom. The second-order valence-corrected chi connectivity index (χ2v) is 6.51. The number of benzene rings is 1. The maximum atomic E-state index is 11.9. The normalized spacial score (nSPS) is 21.3. The molecule has 2 nitrogen and oxygen atoms in total. The maximum absolute atomic E-state index is 11.9. The summed E-state index contributed by atoms with van der Waals surface area (Å²) in [4.78, 5) is 11.9. The topological polar surface area (TPSA) is 29.1 Å². The minimum atomic E-state index is 0.221. The lowest BCUT2D eigenvalue weighted by molar-refractivity contribution is -0.121. The highest BCUT2D eigenvalue weighted by Gasteiger charge is 2.31. The van der Waals surface area contributed by atoms with Gasteiger partial charge in [0, 0.05) is 12.5 Å². The van der Waals surface area contributed by atoms with Crippen molar-refractivity contribution in [2.24, 2.45) is 5.41 Å². The van der Waals surface area contributed by atoms with E-state index in [9.17, 15) is 4.79 Å². The average Bonchev–Trinajstić information content (AvgIpc) is 2.70. The molecule has 1 fully saturated rings. The molecule has 1 saturated carbocycles. The van der Waals surface area contributed by atoms with Crippen molar-refractivity contribution in [2.45, 2.75) is 58.4 Å². The van der Waals surface area contributed by atoms with E-state index < -0.39 is 0 Å². The summed E-state index contributed by atoms with van der Waals surface area (Å²) >= 11 is 0. The Morgan fingerprint density at radius 3 is 2.68 bits per heavy atom. The molecule has 104 valence electrons. The van der Waals surface area contributed by atoms with Gasteiger partial charge in [-0.25, -0.2) is 0 Å². The Bertz CT molecular complexity index is 411. The highest BCUT2D eigenvalue weighted by Crippen LogP contribution is 2.36. The number of carbonyl (C=O) groups is 1. The van der Waals surface area contributed by atoms with Gasteiger partial charge in [0.2, 0.25) is 5.91 Å². The van der Waals surface area contributed by atoms with Gasteiger partial charge < -0.3 is 5.32 Å². The molecule has 1 aliphatic carbocycles. The van der Waals surface area contributed by atoms with E-state index in [-0.39, 0.29) is 5.91 Å². The van der Waals surface area contributed by atoms with Gasteiger partial charge in [-0.15, -0.1) is 0 Å². The van der Waals surface area contributed by atoms with Gasteiger partial charge in [0.25, 0.3) is 0 Å². The number of hydrogen-bond acceptors (Lipinski definition) is 1. The van der Waals surface area contributed by atoms with E-state index in [1.807, 2.05) is 6.07 Å². The van der Waals surface area contributed by atoms with Crippen LogP contribution in [0.5, 0.6) is 0 Å². The SMILES string of the molecule is CC1(C)CCC(NC(=O)CCCc2ccccc2)C1. The summed E-state index contributed by atoms with van der Waals surface area (Å²) in [7, 11) is 0. The monoisotopic (exact) mass is 259 g/mol. The van der Waals surface area contributed by atoms with Gasteiger partial charge in [0.1, 0.15) is 0 Å². The largest absolute Gasteiger partial charge is 0.353 e. The molecule has 0 aliphatic heterocycles. The molecular formula is C17H25NO. The van der Waals surface area contributed by atoms with Crippen molar-refractivity contribution < 1.29 is 4.79 Å². The van der Waals surface area contributed by atoms with Crippen molar-refractivity contribution in [3.63, 3.8) is 0 Å². The van der Waals surface area contributed by atoms with E-state index >= 15 is 0 Å².